The van der Waals surface area contributed by atoms with Crippen molar-refractivity contribution in [2.75, 3.05) is 0 Å². The molecule has 1 radical (unpaired) electrons. The summed E-state index contributed by atoms with van der Waals surface area (Å²) in [6.45, 7) is 13.5. The normalized spacial score (nSPS) is 13.9. The number of hydrogen-bond donors (Lipinski definition) is 0. The van der Waals surface area contributed by atoms with Gasteiger partial charge in [-0.3, -0.25) is 0 Å². The molecule has 0 atom stereocenters. The van der Waals surface area contributed by atoms with Crippen molar-refractivity contribution in [2.24, 2.45) is 5.41 Å². The van der Waals surface area contributed by atoms with E-state index in [9.17, 15) is 0 Å². The molecule has 8 rings (SSSR count). The summed E-state index contributed by atoms with van der Waals surface area (Å²) in [5, 5.41) is 3.27. The smallest absolute Gasteiger partial charge is 0.148 e. The van der Waals surface area contributed by atoms with Crippen LogP contribution in [0, 0.1) is 45.1 Å². The maximum absolute atomic E-state index is 7.28. The van der Waals surface area contributed by atoms with Gasteiger partial charge in [-0.25, -0.2) is 4.98 Å². The molecule has 0 saturated carbocycles. The van der Waals surface area contributed by atoms with Crippen molar-refractivity contribution in [2.45, 2.75) is 80.9 Å². The Morgan fingerprint density at radius 2 is 1.50 bits per heavy atom. The number of benzene rings is 4. The van der Waals surface area contributed by atoms with Gasteiger partial charge in [0.05, 0.1) is 15.3 Å². The zero-order valence-corrected chi connectivity index (χ0v) is 35.1. The molecule has 0 aliphatic heterocycles. The van der Waals surface area contributed by atoms with Gasteiger partial charge in [0.1, 0.15) is 11.1 Å². The molecule has 54 heavy (non-hydrogen) atoms. The van der Waals surface area contributed by atoms with E-state index in [-0.39, 0.29) is 42.1 Å². The summed E-state index contributed by atoms with van der Waals surface area (Å²) in [5.74, 6) is 0. The number of hydrogen-bond acceptors (Lipinski definition) is 5. The zero-order valence-electron chi connectivity index (χ0n) is 37.9. The average Bonchev–Trinajstić information content (AvgIpc) is 3.77. The monoisotopic (exact) mass is 912 g/mol. The van der Waals surface area contributed by atoms with Gasteiger partial charge < -0.3 is 14.4 Å². The second-order valence-corrected chi connectivity index (χ2v) is 16.9. The molecule has 0 unspecified atom stereocenters. The summed E-state index contributed by atoms with van der Waals surface area (Å²) in [6.07, 6.45) is 4.30. The Morgan fingerprint density at radius 1 is 0.778 bits per heavy atom. The van der Waals surface area contributed by atoms with Gasteiger partial charge in [0.15, 0.2) is 0 Å². The van der Waals surface area contributed by atoms with Crippen LogP contribution in [0.25, 0.3) is 65.8 Å². The minimum atomic E-state index is -2.18. The van der Waals surface area contributed by atoms with E-state index in [0.29, 0.717) is 11.3 Å². The minimum Gasteiger partial charge on any atom is -0.498 e. The van der Waals surface area contributed by atoms with Crippen molar-refractivity contribution in [1.82, 2.24) is 15.0 Å². The first-order valence-corrected chi connectivity index (χ1v) is 18.6. The molecular weight excluding hydrogens is 859 g/mol. The van der Waals surface area contributed by atoms with Crippen LogP contribution in [0.15, 0.2) is 95.7 Å². The van der Waals surface area contributed by atoms with Crippen LogP contribution in [0.5, 0.6) is 0 Å². The number of furan rings is 1. The van der Waals surface area contributed by atoms with E-state index >= 15 is 0 Å². The molecule has 0 aliphatic rings. The van der Waals surface area contributed by atoms with Crippen molar-refractivity contribution in [3.8, 4) is 33.6 Å². The number of pyridine rings is 2. The van der Waals surface area contributed by atoms with Gasteiger partial charge in [0, 0.05) is 51.5 Å². The maximum Gasteiger partial charge on any atom is 0.148 e. The number of thiazole rings is 1. The van der Waals surface area contributed by atoms with Crippen LogP contribution in [-0.4, -0.2) is 15.0 Å². The summed E-state index contributed by atoms with van der Waals surface area (Å²) in [7, 11) is 0. The Labute approximate surface area is 345 Å². The molecule has 0 spiro atoms. The quantitative estimate of drug-likeness (QED) is 0.165. The summed E-state index contributed by atoms with van der Waals surface area (Å²) in [4.78, 5) is 14.1. The Kier molecular flexibility index (Phi) is 9.04. The molecule has 6 heteroatoms. The van der Waals surface area contributed by atoms with Crippen molar-refractivity contribution >= 4 is 43.5 Å². The molecular formula is C48H47IrN3OS-2. The van der Waals surface area contributed by atoms with Crippen LogP contribution in [0.2, 0.25) is 0 Å². The van der Waals surface area contributed by atoms with Gasteiger partial charge in [0.2, 0.25) is 0 Å². The Bertz CT molecular complexity index is 2730. The van der Waals surface area contributed by atoms with Crippen LogP contribution in [0.3, 0.4) is 0 Å². The Balaban J connectivity index is 0.000000243. The molecule has 0 saturated heterocycles. The van der Waals surface area contributed by atoms with E-state index < -0.39 is 13.7 Å². The first-order chi connectivity index (χ1) is 27.6. The SMILES string of the molecule is Cc1cccc(C)c1-c1cc(-c2[c-]ccc3c2oc2c3ccc3sc(C(C)(C)C)nc32)ncc1CC(C)(C)C.[2H]C([2H])([2H])c1c[c-]c(-c2ccc(C([2H])([2H])[2H])cn2)cc1.[Ir]. The molecule has 0 fully saturated rings. The number of aryl methyl sites for hydroxylation is 4. The second kappa shape index (κ2) is 15.3. The molecule has 4 heterocycles. The molecule has 0 bridgehead atoms. The van der Waals surface area contributed by atoms with Gasteiger partial charge in [0.25, 0.3) is 0 Å². The molecule has 0 N–H and O–H groups in total. The Hall–Kier alpha value is -4.48. The summed E-state index contributed by atoms with van der Waals surface area (Å²) < 4.78 is 51.4. The fraction of sp³-hybridized carbons (Fsp3) is 0.271. The van der Waals surface area contributed by atoms with Crippen LogP contribution in [0.1, 0.15) is 82.6 Å². The van der Waals surface area contributed by atoms with Crippen LogP contribution >= 0.6 is 11.3 Å². The van der Waals surface area contributed by atoms with Gasteiger partial charge in [-0.05, 0) is 83.4 Å². The van der Waals surface area contributed by atoms with Gasteiger partial charge in [-0.15, -0.1) is 64.9 Å². The summed E-state index contributed by atoms with van der Waals surface area (Å²) in [5.41, 5.74) is 12.4. The van der Waals surface area contributed by atoms with Crippen molar-refractivity contribution in [1.29, 1.82) is 0 Å². The number of fused-ring (bicyclic) bond motifs is 5. The predicted molar refractivity (Wildman–Crippen MR) is 224 cm³/mol. The van der Waals surface area contributed by atoms with Crippen LogP contribution in [-0.2, 0) is 31.9 Å². The van der Waals surface area contributed by atoms with Crippen molar-refractivity contribution in [3.05, 3.63) is 136 Å². The molecule has 4 nitrogen and oxygen atoms in total. The second-order valence-electron chi connectivity index (χ2n) is 15.9. The van der Waals surface area contributed by atoms with E-state index in [0.717, 1.165) is 54.8 Å². The summed E-state index contributed by atoms with van der Waals surface area (Å²) >= 11 is 1.75. The number of aromatic nitrogens is 3. The fourth-order valence-electron chi connectivity index (χ4n) is 6.64. The zero-order chi connectivity index (χ0) is 42.7. The van der Waals surface area contributed by atoms with Gasteiger partial charge >= 0.3 is 0 Å². The average molecular weight is 912 g/mol. The first-order valence-electron chi connectivity index (χ1n) is 20.8. The Morgan fingerprint density at radius 3 is 2.15 bits per heavy atom. The summed E-state index contributed by atoms with van der Waals surface area (Å²) in [6, 6.07) is 31.1. The molecule has 277 valence electrons. The number of rotatable bonds is 4. The molecule has 4 aromatic carbocycles. The molecule has 8 aromatic rings. The molecule has 4 aromatic heterocycles. The van der Waals surface area contributed by atoms with E-state index in [1.165, 1.54) is 52.2 Å². The molecule has 0 aliphatic carbocycles. The minimum absolute atomic E-state index is 0. The van der Waals surface area contributed by atoms with E-state index in [1.54, 1.807) is 23.5 Å². The third kappa shape index (κ3) is 8.12. The fourth-order valence-corrected chi connectivity index (χ4v) is 7.67. The van der Waals surface area contributed by atoms with Gasteiger partial charge in [-0.2, -0.15) is 0 Å². The predicted octanol–water partition coefficient (Wildman–Crippen LogP) is 13.4. The van der Waals surface area contributed by atoms with E-state index in [2.05, 4.69) is 121 Å². The standard InChI is InChI=1S/C35H35N2OS.C13H12N.Ir/c1-20-11-9-12-21(2)29(20)26-17-27(36-19-22(26)18-34(3,4)5)25-14-10-13-23-24-15-16-28-30(32(24)38-31(23)25)37-33(39-28)35(6,7)8;1-10-3-6-12(7-4-10)13-8-5-11(2)9-14-13;/h9-13,15-17,19H,18H2,1-8H3;3-6,8-9H,1-2H3;/q2*-1;/i;1D3,2D3;. The first kappa shape index (κ1) is 31.8. The third-order valence-corrected chi connectivity index (χ3v) is 10.6. The van der Waals surface area contributed by atoms with Crippen LogP contribution in [0.4, 0.5) is 0 Å². The third-order valence-electron chi connectivity index (χ3n) is 9.17. The maximum atomic E-state index is 7.28. The largest absolute Gasteiger partial charge is 0.498 e. The van der Waals surface area contributed by atoms with Gasteiger partial charge in [-0.1, -0.05) is 102 Å². The van der Waals surface area contributed by atoms with E-state index in [1.807, 2.05) is 6.07 Å². The number of nitrogens with zero attached hydrogens (tertiary/aromatic N) is 3. The molecule has 0 amide bonds. The van der Waals surface area contributed by atoms with Crippen molar-refractivity contribution in [3.63, 3.8) is 0 Å². The van der Waals surface area contributed by atoms with Crippen molar-refractivity contribution < 1.29 is 32.7 Å². The topological polar surface area (TPSA) is 51.8 Å². The van der Waals surface area contributed by atoms with Crippen LogP contribution < -0.4 is 0 Å². The van der Waals surface area contributed by atoms with E-state index in [4.69, 9.17) is 22.6 Å².